The van der Waals surface area contributed by atoms with Crippen molar-refractivity contribution in [3.8, 4) is 0 Å². The second kappa shape index (κ2) is 15.2. The number of aryl methyl sites for hydroxylation is 1. The van der Waals surface area contributed by atoms with Gasteiger partial charge in [0.2, 0.25) is 5.91 Å². The number of carbonyl (C=O) groups excluding carboxylic acids is 1. The van der Waals surface area contributed by atoms with Crippen LogP contribution >= 0.6 is 0 Å². The van der Waals surface area contributed by atoms with Crippen LogP contribution in [0.4, 0.5) is 0 Å². The Morgan fingerprint density at radius 2 is 1.47 bits per heavy atom. The molecular formula is C18H35N5O7. The molecule has 0 aliphatic heterocycles. The van der Waals surface area contributed by atoms with Gasteiger partial charge in [0.25, 0.3) is 0 Å². The largest absolute Gasteiger partial charge is 0.396 e. The van der Waals surface area contributed by atoms with Gasteiger partial charge >= 0.3 is 0 Å². The van der Waals surface area contributed by atoms with E-state index in [2.05, 4.69) is 10.3 Å². The second-order valence-electron chi connectivity index (χ2n) is 7.38. The van der Waals surface area contributed by atoms with Crippen LogP contribution in [0.25, 0.3) is 0 Å². The number of aliphatic hydroxyl groups excluding tert-OH is 4. The SMILES string of the molecule is NC(=O)[C@H](N)CCc1cn(CC(COCC(CO)CO)COCC(CO)CO)nn1. The second-order valence-corrected chi connectivity index (χ2v) is 7.38. The fourth-order valence-corrected chi connectivity index (χ4v) is 2.54. The van der Waals surface area contributed by atoms with E-state index in [4.69, 9.17) is 41.4 Å². The topological polar surface area (TPSA) is 199 Å². The molecule has 0 aliphatic carbocycles. The number of ether oxygens (including phenoxy) is 2. The first-order chi connectivity index (χ1) is 14.4. The molecule has 0 aliphatic rings. The number of hydrogen-bond donors (Lipinski definition) is 6. The van der Waals surface area contributed by atoms with Crippen LogP contribution in [0.3, 0.4) is 0 Å². The highest BCUT2D eigenvalue weighted by molar-refractivity contribution is 5.79. The van der Waals surface area contributed by atoms with Gasteiger partial charge in [0.15, 0.2) is 0 Å². The Labute approximate surface area is 175 Å². The number of nitrogens with two attached hydrogens (primary N) is 2. The van der Waals surface area contributed by atoms with Crippen molar-refractivity contribution in [1.82, 2.24) is 15.0 Å². The minimum atomic E-state index is -0.735. The van der Waals surface area contributed by atoms with Gasteiger partial charge in [0, 0.05) is 30.5 Å². The maximum absolute atomic E-state index is 11.0. The lowest BCUT2D eigenvalue weighted by Gasteiger charge is -2.20. The maximum atomic E-state index is 11.0. The van der Waals surface area contributed by atoms with Gasteiger partial charge in [-0.3, -0.25) is 9.48 Å². The summed E-state index contributed by atoms with van der Waals surface area (Å²) < 4.78 is 12.8. The van der Waals surface area contributed by atoms with Crippen molar-refractivity contribution < 1.29 is 34.7 Å². The molecule has 1 rings (SSSR count). The first kappa shape index (κ1) is 26.4. The summed E-state index contributed by atoms with van der Waals surface area (Å²) >= 11 is 0. The predicted octanol–water partition coefficient (Wildman–Crippen LogP) is -3.13. The van der Waals surface area contributed by atoms with Crippen molar-refractivity contribution in [2.24, 2.45) is 29.2 Å². The summed E-state index contributed by atoms with van der Waals surface area (Å²) in [5.41, 5.74) is 11.4. The molecule has 174 valence electrons. The van der Waals surface area contributed by atoms with Gasteiger partial charge in [-0.1, -0.05) is 5.21 Å². The molecular weight excluding hydrogens is 398 g/mol. The van der Waals surface area contributed by atoms with Crippen LogP contribution in [-0.4, -0.2) is 100 Å². The van der Waals surface area contributed by atoms with Gasteiger partial charge in [-0.25, -0.2) is 0 Å². The van der Waals surface area contributed by atoms with Gasteiger partial charge in [0.05, 0.1) is 64.6 Å². The van der Waals surface area contributed by atoms with Crippen LogP contribution in [-0.2, 0) is 27.2 Å². The monoisotopic (exact) mass is 433 g/mol. The lowest BCUT2D eigenvalue weighted by Crippen LogP contribution is -2.36. The first-order valence-corrected chi connectivity index (χ1v) is 9.96. The molecule has 1 aromatic heterocycles. The van der Waals surface area contributed by atoms with Crippen LogP contribution in [0.2, 0.25) is 0 Å². The number of rotatable bonds is 18. The molecule has 0 spiro atoms. The van der Waals surface area contributed by atoms with Crippen molar-refractivity contribution in [2.45, 2.75) is 25.4 Å². The fraction of sp³-hybridized carbons (Fsp3) is 0.833. The lowest BCUT2D eigenvalue weighted by atomic mass is 10.1. The zero-order valence-electron chi connectivity index (χ0n) is 17.2. The molecule has 12 heteroatoms. The number of hydrogen-bond acceptors (Lipinski definition) is 10. The summed E-state index contributed by atoms with van der Waals surface area (Å²) in [6.07, 6.45) is 2.58. The zero-order chi connectivity index (χ0) is 22.4. The van der Waals surface area contributed by atoms with Gasteiger partial charge < -0.3 is 41.4 Å². The molecule has 12 nitrogen and oxygen atoms in total. The van der Waals surface area contributed by atoms with Crippen LogP contribution in [0.5, 0.6) is 0 Å². The summed E-state index contributed by atoms with van der Waals surface area (Å²) in [5.74, 6) is -1.40. The molecule has 0 saturated heterocycles. The Kier molecular flexibility index (Phi) is 13.3. The normalized spacial score (nSPS) is 12.9. The Bertz CT molecular complexity index is 563. The number of amides is 1. The molecule has 8 N–H and O–H groups in total. The molecule has 1 heterocycles. The van der Waals surface area contributed by atoms with Crippen molar-refractivity contribution >= 4 is 5.91 Å². The summed E-state index contributed by atoms with van der Waals surface area (Å²) in [5, 5.41) is 44.7. The standard InChI is InChI=1S/C18H35N5O7/c19-17(18(20)28)2-1-16-4-23(22-21-16)3-13(9-29-11-14(5-24)6-25)10-30-12-15(7-26)8-27/h4,13-15,17,24-27H,1-3,5-12,19H2,(H2,20,28)/t17-/m1/s1. The van der Waals surface area contributed by atoms with E-state index < -0.39 is 11.9 Å². The number of aromatic nitrogens is 3. The maximum Gasteiger partial charge on any atom is 0.234 e. The van der Waals surface area contributed by atoms with Crippen LogP contribution in [0.15, 0.2) is 6.20 Å². The molecule has 0 unspecified atom stereocenters. The quantitative estimate of drug-likeness (QED) is 0.138. The predicted molar refractivity (Wildman–Crippen MR) is 106 cm³/mol. The van der Waals surface area contributed by atoms with Crippen molar-refractivity contribution in [3.05, 3.63) is 11.9 Å². The van der Waals surface area contributed by atoms with Gasteiger partial charge in [-0.2, -0.15) is 0 Å². The van der Waals surface area contributed by atoms with E-state index >= 15 is 0 Å². The third-order valence-electron chi connectivity index (χ3n) is 4.56. The summed E-state index contributed by atoms with van der Waals surface area (Å²) in [4.78, 5) is 11.0. The van der Waals surface area contributed by atoms with Crippen LogP contribution in [0, 0.1) is 17.8 Å². The Morgan fingerprint density at radius 1 is 0.967 bits per heavy atom. The van der Waals surface area contributed by atoms with E-state index in [1.807, 2.05) is 0 Å². The molecule has 1 amide bonds. The third kappa shape index (κ3) is 10.4. The van der Waals surface area contributed by atoms with E-state index in [0.717, 1.165) is 0 Å². The molecule has 1 aromatic rings. The van der Waals surface area contributed by atoms with Crippen molar-refractivity contribution in [3.63, 3.8) is 0 Å². The smallest absolute Gasteiger partial charge is 0.234 e. The Balaban J connectivity index is 2.59. The van der Waals surface area contributed by atoms with E-state index in [1.54, 1.807) is 10.9 Å². The van der Waals surface area contributed by atoms with Gasteiger partial charge in [0.1, 0.15) is 0 Å². The number of carbonyl (C=O) groups is 1. The highest BCUT2D eigenvalue weighted by Gasteiger charge is 2.16. The number of aliphatic hydroxyl groups is 4. The van der Waals surface area contributed by atoms with E-state index in [9.17, 15) is 4.79 Å². The first-order valence-electron chi connectivity index (χ1n) is 9.96. The highest BCUT2D eigenvalue weighted by atomic mass is 16.5. The molecule has 1 atom stereocenters. The van der Waals surface area contributed by atoms with Crippen molar-refractivity contribution in [1.29, 1.82) is 0 Å². The summed E-state index contributed by atoms with van der Waals surface area (Å²) in [6, 6.07) is -0.735. The molecule has 0 radical (unpaired) electrons. The lowest BCUT2D eigenvalue weighted by molar-refractivity contribution is -0.119. The molecule has 0 saturated carbocycles. The van der Waals surface area contributed by atoms with Crippen LogP contribution in [0.1, 0.15) is 12.1 Å². The highest BCUT2D eigenvalue weighted by Crippen LogP contribution is 2.08. The van der Waals surface area contributed by atoms with Gasteiger partial charge in [-0.05, 0) is 12.8 Å². The van der Waals surface area contributed by atoms with Crippen molar-refractivity contribution in [2.75, 3.05) is 52.9 Å². The van der Waals surface area contributed by atoms with E-state index in [0.29, 0.717) is 38.3 Å². The average Bonchev–Trinajstić information content (AvgIpc) is 3.19. The number of nitrogens with zero attached hydrogens (tertiary/aromatic N) is 3. The summed E-state index contributed by atoms with van der Waals surface area (Å²) in [6.45, 7) is 0.722. The molecule has 0 aromatic carbocycles. The molecule has 30 heavy (non-hydrogen) atoms. The average molecular weight is 434 g/mol. The minimum Gasteiger partial charge on any atom is -0.396 e. The third-order valence-corrected chi connectivity index (χ3v) is 4.56. The van der Waals surface area contributed by atoms with Crippen LogP contribution < -0.4 is 11.5 Å². The number of primary amides is 1. The zero-order valence-corrected chi connectivity index (χ0v) is 17.2. The molecule has 0 bridgehead atoms. The fourth-order valence-electron chi connectivity index (χ4n) is 2.54. The van der Waals surface area contributed by atoms with Gasteiger partial charge in [-0.15, -0.1) is 5.10 Å². The Hall–Kier alpha value is -1.67. The minimum absolute atomic E-state index is 0.122. The molecule has 0 fully saturated rings. The Morgan fingerprint density at radius 3 is 1.93 bits per heavy atom. The van der Waals surface area contributed by atoms with E-state index in [1.165, 1.54) is 0 Å². The van der Waals surface area contributed by atoms with E-state index in [-0.39, 0.29) is 57.4 Å². The summed E-state index contributed by atoms with van der Waals surface area (Å²) in [7, 11) is 0.